The fourth-order valence-corrected chi connectivity index (χ4v) is 2.86. The predicted octanol–water partition coefficient (Wildman–Crippen LogP) is 2.44. The first-order valence-electron chi connectivity index (χ1n) is 9.16. The lowest BCUT2D eigenvalue weighted by Gasteiger charge is -2.11. The summed E-state index contributed by atoms with van der Waals surface area (Å²) in [6, 6.07) is 5.36. The zero-order valence-electron chi connectivity index (χ0n) is 16.2. The maximum atomic E-state index is 12.6. The third-order valence-electron chi connectivity index (χ3n) is 4.34. The van der Waals surface area contributed by atoms with Crippen molar-refractivity contribution in [2.75, 3.05) is 0 Å². The molecule has 3 aromatic heterocycles. The Morgan fingerprint density at radius 2 is 2.18 bits per heavy atom. The van der Waals surface area contributed by atoms with Crippen molar-refractivity contribution in [2.45, 2.75) is 40.2 Å². The maximum Gasteiger partial charge on any atom is 0.349 e. The minimum atomic E-state index is -0.612. The third-order valence-corrected chi connectivity index (χ3v) is 4.34. The van der Waals surface area contributed by atoms with Crippen molar-refractivity contribution >= 4 is 5.91 Å². The summed E-state index contributed by atoms with van der Waals surface area (Å²) in [5, 5.41) is 6.83. The highest BCUT2D eigenvalue weighted by Gasteiger charge is 2.17. The summed E-state index contributed by atoms with van der Waals surface area (Å²) >= 11 is 0. The Bertz CT molecular complexity index is 1010. The monoisotopic (exact) mass is 381 g/mol. The summed E-state index contributed by atoms with van der Waals surface area (Å²) in [7, 11) is 0. The van der Waals surface area contributed by atoms with E-state index in [1.165, 1.54) is 17.3 Å². The van der Waals surface area contributed by atoms with E-state index in [1.54, 1.807) is 25.3 Å². The van der Waals surface area contributed by atoms with E-state index in [1.807, 2.05) is 6.07 Å². The maximum absolute atomic E-state index is 12.6. The number of nitrogens with zero attached hydrogens (tertiary/aromatic N) is 4. The Labute approximate surface area is 162 Å². The molecule has 0 bridgehead atoms. The molecule has 0 saturated carbocycles. The van der Waals surface area contributed by atoms with Crippen LogP contribution in [-0.4, -0.2) is 25.7 Å². The van der Waals surface area contributed by atoms with Gasteiger partial charge in [0.1, 0.15) is 24.0 Å². The van der Waals surface area contributed by atoms with Gasteiger partial charge in [0.25, 0.3) is 5.91 Å². The summed E-state index contributed by atoms with van der Waals surface area (Å²) in [4.78, 5) is 33.2. The molecule has 0 fully saturated rings. The third kappa shape index (κ3) is 4.51. The van der Waals surface area contributed by atoms with Crippen LogP contribution in [-0.2, 0) is 13.0 Å². The molecule has 0 aliphatic rings. The number of pyridine rings is 1. The molecule has 0 saturated heterocycles. The average Bonchev–Trinajstić information content (AvgIpc) is 3.19. The van der Waals surface area contributed by atoms with Gasteiger partial charge in [0.05, 0.1) is 0 Å². The largest absolute Gasteiger partial charge is 0.427 e. The molecule has 28 heavy (non-hydrogen) atoms. The quantitative estimate of drug-likeness (QED) is 0.674. The van der Waals surface area contributed by atoms with Gasteiger partial charge in [-0.2, -0.15) is 5.10 Å². The molecule has 8 nitrogen and oxygen atoms in total. The molecule has 1 amide bonds. The lowest BCUT2D eigenvalue weighted by atomic mass is 10.0. The first-order valence-corrected chi connectivity index (χ1v) is 9.16. The van der Waals surface area contributed by atoms with Gasteiger partial charge in [-0.15, -0.1) is 0 Å². The van der Waals surface area contributed by atoms with Crippen LogP contribution in [0.1, 0.15) is 47.5 Å². The van der Waals surface area contributed by atoms with E-state index in [9.17, 15) is 9.59 Å². The molecule has 0 spiro atoms. The van der Waals surface area contributed by atoms with Crippen LogP contribution in [0.3, 0.4) is 0 Å². The van der Waals surface area contributed by atoms with Gasteiger partial charge < -0.3 is 9.73 Å². The van der Waals surface area contributed by atoms with Crippen molar-refractivity contribution in [1.82, 2.24) is 25.1 Å². The van der Waals surface area contributed by atoms with E-state index in [-0.39, 0.29) is 12.1 Å². The van der Waals surface area contributed by atoms with E-state index in [0.29, 0.717) is 29.5 Å². The van der Waals surface area contributed by atoms with Gasteiger partial charge in [-0.1, -0.05) is 19.9 Å². The number of carbonyl (C=O) groups is 1. The van der Waals surface area contributed by atoms with Crippen molar-refractivity contribution in [3.63, 3.8) is 0 Å². The van der Waals surface area contributed by atoms with E-state index in [4.69, 9.17) is 4.42 Å². The van der Waals surface area contributed by atoms with Gasteiger partial charge in [0.15, 0.2) is 5.82 Å². The van der Waals surface area contributed by atoms with Crippen molar-refractivity contribution in [3.05, 3.63) is 69.9 Å². The number of aryl methyl sites for hydroxylation is 2. The van der Waals surface area contributed by atoms with Gasteiger partial charge >= 0.3 is 5.63 Å². The Kier molecular flexibility index (Phi) is 5.98. The highest BCUT2D eigenvalue weighted by atomic mass is 16.4. The van der Waals surface area contributed by atoms with Crippen molar-refractivity contribution in [3.8, 4) is 5.82 Å². The van der Waals surface area contributed by atoms with Gasteiger partial charge in [-0.25, -0.2) is 19.4 Å². The lowest BCUT2D eigenvalue weighted by molar-refractivity contribution is 0.0945. The number of hydrogen-bond donors (Lipinski definition) is 1. The van der Waals surface area contributed by atoms with Crippen molar-refractivity contribution < 1.29 is 9.21 Å². The average molecular weight is 381 g/mol. The number of aromatic nitrogens is 4. The van der Waals surface area contributed by atoms with E-state index in [2.05, 4.69) is 34.2 Å². The van der Waals surface area contributed by atoms with Crippen molar-refractivity contribution in [2.24, 2.45) is 5.92 Å². The molecule has 0 aromatic carbocycles. The molecule has 3 heterocycles. The summed E-state index contributed by atoms with van der Waals surface area (Å²) in [5.41, 5.74) is 0.769. The van der Waals surface area contributed by atoms with E-state index in [0.717, 1.165) is 12.0 Å². The highest BCUT2D eigenvalue weighted by Crippen LogP contribution is 2.13. The molecule has 8 heteroatoms. The first-order chi connectivity index (χ1) is 13.5. The smallest absolute Gasteiger partial charge is 0.349 e. The molecular weight excluding hydrogens is 358 g/mol. The summed E-state index contributed by atoms with van der Waals surface area (Å²) < 4.78 is 6.86. The van der Waals surface area contributed by atoms with Crippen molar-refractivity contribution in [1.29, 1.82) is 0 Å². The van der Waals surface area contributed by atoms with E-state index < -0.39 is 11.5 Å². The second-order valence-electron chi connectivity index (χ2n) is 7.00. The molecule has 0 aliphatic heterocycles. The Morgan fingerprint density at radius 1 is 1.36 bits per heavy atom. The van der Waals surface area contributed by atoms with Crippen LogP contribution in [0.2, 0.25) is 0 Å². The normalized spacial score (nSPS) is 11.0. The topological polar surface area (TPSA) is 103 Å². The van der Waals surface area contributed by atoms with Gasteiger partial charge in [-0.05, 0) is 37.0 Å². The zero-order chi connectivity index (χ0) is 20.1. The highest BCUT2D eigenvalue weighted by molar-refractivity contribution is 5.95. The fourth-order valence-electron chi connectivity index (χ4n) is 2.86. The molecule has 1 N–H and O–H groups in total. The van der Waals surface area contributed by atoms with E-state index >= 15 is 0 Å². The van der Waals surface area contributed by atoms with Crippen LogP contribution in [0.15, 0.2) is 46.3 Å². The second-order valence-corrected chi connectivity index (χ2v) is 7.00. The molecular formula is C20H23N5O3. The first kappa shape index (κ1) is 19.5. The van der Waals surface area contributed by atoms with Gasteiger partial charge in [0, 0.05) is 24.7 Å². The molecule has 3 aromatic rings. The second kappa shape index (κ2) is 8.60. The van der Waals surface area contributed by atoms with Crippen LogP contribution >= 0.6 is 0 Å². The van der Waals surface area contributed by atoms with Crippen LogP contribution in [0.25, 0.3) is 5.82 Å². The molecule has 146 valence electrons. The molecule has 0 radical (unpaired) electrons. The fraction of sp³-hybridized carbons (Fsp3) is 0.350. The number of rotatable bonds is 7. The molecule has 0 unspecified atom stereocenters. The van der Waals surface area contributed by atoms with Crippen LogP contribution < -0.4 is 10.9 Å². The standard InChI is InChI=1S/C20H23N5O3/c1-13(2)6-7-16-9-14(3)17(20(27)28-16)19(26)23-10-15-5-4-8-22-18(15)25-12-21-11-24-25/h4-5,8-9,11-13H,6-7,10H2,1-3H3,(H,23,26). The SMILES string of the molecule is Cc1cc(CCC(C)C)oc(=O)c1C(=O)NCc1cccnc1-n1cncn1. The number of nitrogens with one attached hydrogen (secondary N) is 1. The molecule has 0 aliphatic carbocycles. The van der Waals surface area contributed by atoms with Gasteiger partial charge in [0.2, 0.25) is 0 Å². The summed E-state index contributed by atoms with van der Waals surface area (Å²) in [6.45, 7) is 6.16. The summed E-state index contributed by atoms with van der Waals surface area (Å²) in [5.74, 6) is 1.20. The van der Waals surface area contributed by atoms with Crippen LogP contribution in [0, 0.1) is 12.8 Å². The molecule has 3 rings (SSSR count). The lowest BCUT2D eigenvalue weighted by Crippen LogP contribution is -2.29. The summed E-state index contributed by atoms with van der Waals surface area (Å²) in [6.07, 6.45) is 6.17. The Balaban J connectivity index is 1.75. The number of carbonyl (C=O) groups excluding carboxylic acids is 1. The van der Waals surface area contributed by atoms with Crippen LogP contribution in [0.5, 0.6) is 0 Å². The van der Waals surface area contributed by atoms with Gasteiger partial charge in [-0.3, -0.25) is 4.79 Å². The van der Waals surface area contributed by atoms with Crippen LogP contribution in [0.4, 0.5) is 0 Å². The Hall–Kier alpha value is -3.29. The Morgan fingerprint density at radius 3 is 2.86 bits per heavy atom. The minimum absolute atomic E-state index is 0.0273. The zero-order valence-corrected chi connectivity index (χ0v) is 16.2. The molecule has 0 atom stereocenters. The number of hydrogen-bond acceptors (Lipinski definition) is 6. The number of amides is 1. The predicted molar refractivity (Wildman–Crippen MR) is 103 cm³/mol. The minimum Gasteiger partial charge on any atom is -0.427 e.